The fourth-order valence-corrected chi connectivity index (χ4v) is 4.76. The molecule has 2 aliphatic rings. The minimum atomic E-state index is -2.91. The van der Waals surface area contributed by atoms with Gasteiger partial charge >= 0.3 is 0 Å². The molecule has 2 aromatic heterocycles. The van der Waals surface area contributed by atoms with Crippen molar-refractivity contribution in [3.63, 3.8) is 0 Å². The van der Waals surface area contributed by atoms with E-state index in [1.807, 2.05) is 13.1 Å². The number of benzene rings is 1. The number of hydrogen-bond donors (Lipinski definition) is 1. The van der Waals surface area contributed by atoms with E-state index in [1.54, 1.807) is 13.8 Å². The van der Waals surface area contributed by atoms with Crippen LogP contribution in [0.15, 0.2) is 24.3 Å². The molecule has 0 unspecified atom stereocenters. The predicted molar refractivity (Wildman–Crippen MR) is 129 cm³/mol. The van der Waals surface area contributed by atoms with Crippen LogP contribution in [-0.2, 0) is 5.41 Å². The molecule has 1 aliphatic carbocycles. The van der Waals surface area contributed by atoms with E-state index in [4.69, 9.17) is 9.72 Å². The molecule has 1 aliphatic heterocycles. The molecule has 0 amide bonds. The topological polar surface area (TPSA) is 87.0 Å². The Morgan fingerprint density at radius 1 is 1.22 bits per heavy atom. The number of alkyl halides is 2. The summed E-state index contributed by atoms with van der Waals surface area (Å²) in [5.74, 6) is 0.295. The molecule has 188 valence electrons. The Morgan fingerprint density at radius 3 is 2.61 bits per heavy atom. The van der Waals surface area contributed by atoms with Gasteiger partial charge in [0.2, 0.25) is 5.88 Å². The van der Waals surface area contributed by atoms with Gasteiger partial charge in [-0.05, 0) is 46.2 Å². The molecule has 10 heteroatoms. The fraction of sp³-hybridized carbons (Fsp3) is 0.462. The van der Waals surface area contributed by atoms with E-state index in [2.05, 4.69) is 26.3 Å². The smallest absolute Gasteiger partial charge is 0.266 e. The first-order valence-electron chi connectivity index (χ1n) is 12.0. The van der Waals surface area contributed by atoms with Crippen LogP contribution in [-0.4, -0.2) is 46.1 Å². The second-order valence-corrected chi connectivity index (χ2v) is 9.73. The number of anilines is 1. The molecule has 7 nitrogen and oxygen atoms in total. The molecule has 2 fully saturated rings. The van der Waals surface area contributed by atoms with Crippen molar-refractivity contribution < 1.29 is 17.9 Å². The number of nitriles is 1. The third kappa shape index (κ3) is 4.44. The molecule has 3 aromatic rings. The van der Waals surface area contributed by atoms with Gasteiger partial charge in [0.25, 0.3) is 6.43 Å². The second kappa shape index (κ2) is 9.21. The van der Waals surface area contributed by atoms with Gasteiger partial charge in [0.15, 0.2) is 5.65 Å². The summed E-state index contributed by atoms with van der Waals surface area (Å²) in [4.78, 5) is 15.9. The van der Waals surface area contributed by atoms with Gasteiger partial charge in [0.1, 0.15) is 23.6 Å². The van der Waals surface area contributed by atoms with Crippen molar-refractivity contribution in [1.82, 2.24) is 19.9 Å². The Labute approximate surface area is 207 Å². The SMILES string of the molecule is Cc1nc(N[C@H](C)c2cccc(C(F)F)c2F)c2cc(C3(C#N)CC3)c(O[C@@H]3CCN(C)C3)nc2n1. The minimum absolute atomic E-state index is 0.0289. The molecule has 1 aromatic carbocycles. The summed E-state index contributed by atoms with van der Waals surface area (Å²) in [5, 5.41) is 13.6. The number of aryl methyl sites for hydroxylation is 1. The molecule has 2 atom stereocenters. The largest absolute Gasteiger partial charge is 0.473 e. The number of nitrogens with zero attached hydrogens (tertiary/aromatic N) is 5. The van der Waals surface area contributed by atoms with E-state index in [0.29, 0.717) is 47.0 Å². The van der Waals surface area contributed by atoms with E-state index < -0.39 is 29.3 Å². The minimum Gasteiger partial charge on any atom is -0.473 e. The molecule has 5 rings (SSSR count). The highest BCUT2D eigenvalue weighted by molar-refractivity contribution is 5.88. The number of fused-ring (bicyclic) bond motifs is 1. The first-order valence-corrected chi connectivity index (χ1v) is 12.0. The standard InChI is InChI=1S/C26H27F3N6O/c1-14(17-5-4-6-18(21(17)27)22(28)29)31-23-19-11-20(26(13-30)8-9-26)25(34-24(19)33-15(2)32-23)36-16-7-10-35(3)12-16/h4-6,11,14,16,22H,7-10,12H2,1-3H3,(H,31,32,33,34)/t14-,16-/m1/s1. The highest BCUT2D eigenvalue weighted by Gasteiger charge is 2.48. The van der Waals surface area contributed by atoms with Crippen LogP contribution < -0.4 is 10.1 Å². The number of hydrogen-bond acceptors (Lipinski definition) is 7. The van der Waals surface area contributed by atoms with E-state index in [1.165, 1.54) is 12.1 Å². The lowest BCUT2D eigenvalue weighted by Crippen LogP contribution is -2.23. The highest BCUT2D eigenvalue weighted by atomic mass is 19.3. The summed E-state index contributed by atoms with van der Waals surface area (Å²) in [5.41, 5.74) is -0.129. The number of rotatable bonds is 7. The lowest BCUT2D eigenvalue weighted by molar-refractivity contribution is 0.146. The van der Waals surface area contributed by atoms with Crippen LogP contribution in [0.2, 0.25) is 0 Å². The van der Waals surface area contributed by atoms with Gasteiger partial charge in [-0.2, -0.15) is 10.2 Å². The molecule has 3 heterocycles. The van der Waals surface area contributed by atoms with Crippen molar-refractivity contribution >= 4 is 16.9 Å². The lowest BCUT2D eigenvalue weighted by atomic mass is 9.97. The molecule has 36 heavy (non-hydrogen) atoms. The van der Waals surface area contributed by atoms with Crippen molar-refractivity contribution in [1.29, 1.82) is 5.26 Å². The first kappa shape index (κ1) is 24.3. The van der Waals surface area contributed by atoms with Crippen LogP contribution in [0.4, 0.5) is 19.0 Å². The molecule has 1 saturated heterocycles. The summed E-state index contributed by atoms with van der Waals surface area (Å²) in [6, 6.07) is 7.55. The number of nitrogens with one attached hydrogen (secondary N) is 1. The normalized spacial score (nSPS) is 19.9. The zero-order valence-electron chi connectivity index (χ0n) is 20.4. The second-order valence-electron chi connectivity index (χ2n) is 9.73. The van der Waals surface area contributed by atoms with Gasteiger partial charge in [-0.15, -0.1) is 0 Å². The van der Waals surface area contributed by atoms with Crippen molar-refractivity contribution in [2.75, 3.05) is 25.5 Å². The lowest BCUT2D eigenvalue weighted by Gasteiger charge is -2.21. The maximum Gasteiger partial charge on any atom is 0.266 e. The number of aromatic nitrogens is 3. The Balaban J connectivity index is 1.56. The molecule has 0 bridgehead atoms. The summed E-state index contributed by atoms with van der Waals surface area (Å²) in [7, 11) is 2.03. The molecule has 1 saturated carbocycles. The third-order valence-electron chi connectivity index (χ3n) is 6.98. The predicted octanol–water partition coefficient (Wildman–Crippen LogP) is 5.22. The highest BCUT2D eigenvalue weighted by Crippen LogP contribution is 2.51. The number of likely N-dealkylation sites (N-methyl/N-ethyl adjacent to an activating group) is 1. The van der Waals surface area contributed by atoms with E-state index >= 15 is 0 Å². The van der Waals surface area contributed by atoms with E-state index in [9.17, 15) is 18.4 Å². The van der Waals surface area contributed by atoms with E-state index in [0.717, 1.165) is 25.6 Å². The molecule has 0 spiro atoms. The van der Waals surface area contributed by atoms with Crippen molar-refractivity contribution in [3.8, 4) is 11.9 Å². The zero-order chi connectivity index (χ0) is 25.6. The van der Waals surface area contributed by atoms with Gasteiger partial charge in [-0.1, -0.05) is 18.2 Å². The maximum atomic E-state index is 14.8. The zero-order valence-corrected chi connectivity index (χ0v) is 20.4. The van der Waals surface area contributed by atoms with Crippen LogP contribution in [0.5, 0.6) is 5.88 Å². The van der Waals surface area contributed by atoms with Crippen molar-refractivity contribution in [2.45, 2.75) is 57.1 Å². The molecular formula is C26H27F3N6O. The number of ether oxygens (including phenoxy) is 1. The average Bonchev–Trinajstić information content (AvgIpc) is 3.53. The summed E-state index contributed by atoms with van der Waals surface area (Å²) < 4.78 is 47.5. The maximum absolute atomic E-state index is 14.8. The summed E-state index contributed by atoms with van der Waals surface area (Å²) in [6.07, 6.45) is -0.667. The Kier molecular flexibility index (Phi) is 6.20. The van der Waals surface area contributed by atoms with Gasteiger partial charge < -0.3 is 15.0 Å². The Bertz CT molecular complexity index is 1350. The fourth-order valence-electron chi connectivity index (χ4n) is 4.76. The van der Waals surface area contributed by atoms with Crippen molar-refractivity contribution in [2.24, 2.45) is 0 Å². The van der Waals surface area contributed by atoms with Gasteiger partial charge in [-0.3, -0.25) is 0 Å². The van der Waals surface area contributed by atoms with Crippen LogP contribution in [0, 0.1) is 24.1 Å². The van der Waals surface area contributed by atoms with Gasteiger partial charge in [0.05, 0.1) is 28.5 Å². The third-order valence-corrected chi connectivity index (χ3v) is 6.98. The first-order chi connectivity index (χ1) is 17.2. The summed E-state index contributed by atoms with van der Waals surface area (Å²) >= 11 is 0. The monoisotopic (exact) mass is 496 g/mol. The van der Waals surface area contributed by atoms with Crippen LogP contribution >= 0.6 is 0 Å². The van der Waals surface area contributed by atoms with Gasteiger partial charge in [0, 0.05) is 24.2 Å². The molecule has 1 N–H and O–H groups in total. The van der Waals surface area contributed by atoms with Crippen LogP contribution in [0.25, 0.3) is 11.0 Å². The van der Waals surface area contributed by atoms with Crippen LogP contribution in [0.3, 0.4) is 0 Å². The number of pyridine rings is 1. The number of halogens is 3. The molecular weight excluding hydrogens is 469 g/mol. The quantitative estimate of drug-likeness (QED) is 0.480. The average molecular weight is 497 g/mol. The summed E-state index contributed by atoms with van der Waals surface area (Å²) in [6.45, 7) is 5.09. The van der Waals surface area contributed by atoms with Crippen molar-refractivity contribution in [3.05, 3.63) is 52.6 Å². The molecule has 0 radical (unpaired) electrons. The van der Waals surface area contributed by atoms with Crippen LogP contribution in [0.1, 0.15) is 61.2 Å². The number of likely N-dealkylation sites (tertiary alicyclic amines) is 1. The van der Waals surface area contributed by atoms with Gasteiger partial charge in [-0.25, -0.2) is 23.1 Å². The van der Waals surface area contributed by atoms with E-state index in [-0.39, 0.29) is 11.7 Å². The Hall–Kier alpha value is -3.45. The Morgan fingerprint density at radius 2 is 1.97 bits per heavy atom.